The molecule has 1 fully saturated rings. The summed E-state index contributed by atoms with van der Waals surface area (Å²) in [6.45, 7) is 3.58. The number of fused-ring (bicyclic) bond motifs is 1. The van der Waals surface area contributed by atoms with Gasteiger partial charge >= 0.3 is 0 Å². The van der Waals surface area contributed by atoms with E-state index in [1.165, 1.54) is 25.7 Å². The van der Waals surface area contributed by atoms with Gasteiger partial charge in [0, 0.05) is 12.1 Å². The summed E-state index contributed by atoms with van der Waals surface area (Å²) in [6, 6.07) is 6.32. The summed E-state index contributed by atoms with van der Waals surface area (Å²) in [7, 11) is 0. The van der Waals surface area contributed by atoms with Crippen LogP contribution in [0, 0.1) is 0 Å². The summed E-state index contributed by atoms with van der Waals surface area (Å²) in [5, 5.41) is 3.65. The minimum atomic E-state index is 0.249. The molecule has 2 unspecified atom stereocenters. The zero-order valence-electron chi connectivity index (χ0n) is 12.8. The van der Waals surface area contributed by atoms with Crippen molar-refractivity contribution in [3.63, 3.8) is 0 Å². The molecule has 4 heteroatoms. The van der Waals surface area contributed by atoms with Gasteiger partial charge in [-0.3, -0.25) is 0 Å². The fraction of sp³-hybridized carbons (Fsp3) is 0.647. The van der Waals surface area contributed by atoms with Crippen molar-refractivity contribution >= 4 is 0 Å². The largest absolute Gasteiger partial charge is 0.489 e. The van der Waals surface area contributed by atoms with Gasteiger partial charge in [0.2, 0.25) is 6.79 Å². The van der Waals surface area contributed by atoms with E-state index in [2.05, 4.69) is 12.2 Å². The Hall–Kier alpha value is -1.42. The maximum absolute atomic E-state index is 6.27. The first-order valence-electron chi connectivity index (χ1n) is 8.16. The third-order valence-electron chi connectivity index (χ3n) is 4.24. The second kappa shape index (κ2) is 7.03. The predicted molar refractivity (Wildman–Crippen MR) is 82.1 cm³/mol. The summed E-state index contributed by atoms with van der Waals surface area (Å²) < 4.78 is 17.0. The number of hydrogen-bond acceptors (Lipinski definition) is 4. The molecule has 0 spiro atoms. The van der Waals surface area contributed by atoms with Crippen molar-refractivity contribution in [2.24, 2.45) is 0 Å². The Bertz CT molecular complexity index is 463. The molecule has 4 nitrogen and oxygen atoms in total. The van der Waals surface area contributed by atoms with Crippen molar-refractivity contribution in [2.45, 2.75) is 57.6 Å². The van der Waals surface area contributed by atoms with Crippen LogP contribution in [-0.2, 0) is 0 Å². The van der Waals surface area contributed by atoms with Gasteiger partial charge in [-0.05, 0) is 44.4 Å². The first-order valence-corrected chi connectivity index (χ1v) is 8.16. The maximum Gasteiger partial charge on any atom is 0.231 e. The molecule has 0 amide bonds. The van der Waals surface area contributed by atoms with Crippen LogP contribution in [0.25, 0.3) is 0 Å². The Morgan fingerprint density at radius 1 is 1.14 bits per heavy atom. The Morgan fingerprint density at radius 3 is 2.90 bits per heavy atom. The van der Waals surface area contributed by atoms with Crippen LogP contribution in [0.5, 0.6) is 17.2 Å². The van der Waals surface area contributed by atoms with Crippen molar-refractivity contribution in [2.75, 3.05) is 13.3 Å². The van der Waals surface area contributed by atoms with Gasteiger partial charge in [-0.25, -0.2) is 0 Å². The molecule has 2 aliphatic rings. The Balaban J connectivity index is 1.67. The molecule has 3 rings (SSSR count). The van der Waals surface area contributed by atoms with E-state index >= 15 is 0 Å². The summed E-state index contributed by atoms with van der Waals surface area (Å²) in [5.74, 6) is 2.48. The zero-order chi connectivity index (χ0) is 14.5. The third-order valence-corrected chi connectivity index (χ3v) is 4.24. The van der Waals surface area contributed by atoms with Crippen LogP contribution >= 0.6 is 0 Å². The van der Waals surface area contributed by atoms with Crippen molar-refractivity contribution in [1.29, 1.82) is 0 Å². The van der Waals surface area contributed by atoms with Crippen LogP contribution < -0.4 is 19.5 Å². The van der Waals surface area contributed by atoms with Crippen molar-refractivity contribution in [1.82, 2.24) is 5.32 Å². The number of rotatable bonds is 5. The van der Waals surface area contributed by atoms with Gasteiger partial charge in [0.15, 0.2) is 11.5 Å². The van der Waals surface area contributed by atoms with Gasteiger partial charge in [-0.1, -0.05) is 19.8 Å². The van der Waals surface area contributed by atoms with Crippen LogP contribution in [0.2, 0.25) is 0 Å². The lowest BCUT2D eigenvalue weighted by Crippen LogP contribution is -2.42. The van der Waals surface area contributed by atoms with Gasteiger partial charge in [-0.2, -0.15) is 0 Å². The molecular formula is C17H25NO3. The molecule has 0 bridgehead atoms. The van der Waals surface area contributed by atoms with Crippen LogP contribution in [0.4, 0.5) is 0 Å². The second-order valence-corrected chi connectivity index (χ2v) is 5.87. The van der Waals surface area contributed by atoms with Crippen molar-refractivity contribution in [3.05, 3.63) is 18.2 Å². The van der Waals surface area contributed by atoms with Gasteiger partial charge in [0.25, 0.3) is 0 Å². The topological polar surface area (TPSA) is 39.7 Å². The van der Waals surface area contributed by atoms with Crippen LogP contribution in [0.15, 0.2) is 18.2 Å². The third kappa shape index (κ3) is 3.62. The fourth-order valence-corrected chi connectivity index (χ4v) is 3.10. The monoisotopic (exact) mass is 291 g/mol. The van der Waals surface area contributed by atoms with E-state index in [0.717, 1.165) is 36.6 Å². The van der Waals surface area contributed by atoms with E-state index < -0.39 is 0 Å². The minimum Gasteiger partial charge on any atom is -0.489 e. The highest BCUT2D eigenvalue weighted by Gasteiger charge is 2.25. The van der Waals surface area contributed by atoms with Gasteiger partial charge < -0.3 is 19.5 Å². The molecule has 0 aromatic heterocycles. The number of nitrogens with one attached hydrogen (secondary N) is 1. The summed E-state index contributed by atoms with van der Waals surface area (Å²) in [6.07, 6.45) is 7.59. The SMILES string of the molecule is CCCNC1CCCCCC1Oc1ccc2c(c1)OCO2. The van der Waals surface area contributed by atoms with Crippen molar-refractivity contribution < 1.29 is 14.2 Å². The predicted octanol–water partition coefficient (Wildman–Crippen LogP) is 3.50. The van der Waals surface area contributed by atoms with E-state index in [-0.39, 0.29) is 6.10 Å². The molecule has 0 saturated heterocycles. The van der Waals surface area contributed by atoms with E-state index in [1.54, 1.807) is 0 Å². The molecule has 1 heterocycles. The molecule has 21 heavy (non-hydrogen) atoms. The normalized spacial score (nSPS) is 24.6. The molecule has 1 aromatic carbocycles. The molecule has 1 aliphatic carbocycles. The van der Waals surface area contributed by atoms with Crippen LogP contribution in [0.3, 0.4) is 0 Å². The average Bonchev–Trinajstić information content (AvgIpc) is 2.85. The fourth-order valence-electron chi connectivity index (χ4n) is 3.10. The lowest BCUT2D eigenvalue weighted by Gasteiger charge is -2.27. The second-order valence-electron chi connectivity index (χ2n) is 5.87. The molecule has 1 N–H and O–H groups in total. The highest BCUT2D eigenvalue weighted by Crippen LogP contribution is 2.36. The molecule has 0 radical (unpaired) electrons. The molecule has 2 atom stereocenters. The Kier molecular flexibility index (Phi) is 4.86. The van der Waals surface area contributed by atoms with E-state index in [9.17, 15) is 0 Å². The average molecular weight is 291 g/mol. The van der Waals surface area contributed by atoms with Crippen LogP contribution in [-0.4, -0.2) is 25.5 Å². The van der Waals surface area contributed by atoms with Gasteiger partial charge in [0.05, 0.1) is 0 Å². The number of hydrogen-bond donors (Lipinski definition) is 1. The first kappa shape index (κ1) is 14.5. The van der Waals surface area contributed by atoms with E-state index in [0.29, 0.717) is 12.8 Å². The smallest absolute Gasteiger partial charge is 0.231 e. The molecule has 1 saturated carbocycles. The highest BCUT2D eigenvalue weighted by atomic mass is 16.7. The summed E-state index contributed by atoms with van der Waals surface area (Å²) >= 11 is 0. The summed E-state index contributed by atoms with van der Waals surface area (Å²) in [5.41, 5.74) is 0. The highest BCUT2D eigenvalue weighted by molar-refractivity contribution is 5.46. The van der Waals surface area contributed by atoms with Gasteiger partial charge in [-0.15, -0.1) is 0 Å². The molecule has 116 valence electrons. The standard InChI is InChI=1S/C17H25NO3/c1-2-10-18-14-6-4-3-5-7-15(14)21-13-8-9-16-17(11-13)20-12-19-16/h8-9,11,14-15,18H,2-7,10,12H2,1H3. The van der Waals surface area contributed by atoms with Gasteiger partial charge in [0.1, 0.15) is 11.9 Å². The van der Waals surface area contributed by atoms with E-state index in [4.69, 9.17) is 14.2 Å². The molecular weight excluding hydrogens is 266 g/mol. The zero-order valence-corrected chi connectivity index (χ0v) is 12.8. The Morgan fingerprint density at radius 2 is 2.00 bits per heavy atom. The molecule has 1 aliphatic heterocycles. The Labute approximate surface area is 126 Å². The van der Waals surface area contributed by atoms with Crippen molar-refractivity contribution in [3.8, 4) is 17.2 Å². The maximum atomic E-state index is 6.27. The first-order chi connectivity index (χ1) is 10.4. The number of benzene rings is 1. The lowest BCUT2D eigenvalue weighted by atomic mass is 10.1. The van der Waals surface area contributed by atoms with Crippen LogP contribution in [0.1, 0.15) is 45.4 Å². The quantitative estimate of drug-likeness (QED) is 0.843. The lowest BCUT2D eigenvalue weighted by molar-refractivity contribution is 0.144. The number of ether oxygens (including phenoxy) is 3. The summed E-state index contributed by atoms with van der Waals surface area (Å²) in [4.78, 5) is 0. The minimum absolute atomic E-state index is 0.249. The van der Waals surface area contributed by atoms with E-state index in [1.807, 2.05) is 18.2 Å². The molecule has 1 aromatic rings.